The number of nitrogen functional groups attached to an aromatic ring is 1. The maximum Gasteiger partial charge on any atom is 0.148 e. The van der Waals surface area contributed by atoms with Gasteiger partial charge in [0.15, 0.2) is 0 Å². The van der Waals surface area contributed by atoms with Gasteiger partial charge in [0, 0.05) is 9.86 Å². The van der Waals surface area contributed by atoms with Crippen molar-refractivity contribution in [3.05, 3.63) is 28.5 Å². The molecule has 16 heavy (non-hydrogen) atoms. The molecule has 4 nitrogen and oxygen atoms in total. The number of nitrogens with zero attached hydrogens (tertiary/aromatic N) is 2. The molecule has 1 unspecified atom stereocenters. The Kier molecular flexibility index (Phi) is 3.07. The highest BCUT2D eigenvalue weighted by atomic mass is 79.9. The SMILES string of the molecule is CNC(C)c1nc(N)c2ccc(Br)cc2n1. The minimum Gasteiger partial charge on any atom is -0.383 e. The lowest BCUT2D eigenvalue weighted by Gasteiger charge is -2.10. The Balaban J connectivity index is 2.65. The van der Waals surface area contributed by atoms with Crippen LogP contribution in [-0.4, -0.2) is 17.0 Å². The van der Waals surface area contributed by atoms with Crippen LogP contribution in [0, 0.1) is 0 Å². The number of nitrogens with one attached hydrogen (secondary N) is 1. The number of hydrogen-bond donors (Lipinski definition) is 2. The fraction of sp³-hybridized carbons (Fsp3) is 0.273. The maximum absolute atomic E-state index is 5.91. The average Bonchev–Trinajstić information content (AvgIpc) is 2.27. The van der Waals surface area contributed by atoms with E-state index in [9.17, 15) is 0 Å². The van der Waals surface area contributed by atoms with Crippen molar-refractivity contribution in [2.24, 2.45) is 0 Å². The fourth-order valence-electron chi connectivity index (χ4n) is 1.47. The number of rotatable bonds is 2. The van der Waals surface area contributed by atoms with Gasteiger partial charge in [0.05, 0.1) is 11.6 Å². The van der Waals surface area contributed by atoms with E-state index in [-0.39, 0.29) is 6.04 Å². The predicted molar refractivity (Wildman–Crippen MR) is 69.1 cm³/mol. The molecule has 0 aliphatic heterocycles. The summed E-state index contributed by atoms with van der Waals surface area (Å²) < 4.78 is 0.987. The molecule has 0 spiro atoms. The number of nitrogens with two attached hydrogens (primary N) is 1. The summed E-state index contributed by atoms with van der Waals surface area (Å²) >= 11 is 3.42. The van der Waals surface area contributed by atoms with Crippen molar-refractivity contribution >= 4 is 32.7 Å². The molecular formula is C11H13BrN4. The first kappa shape index (κ1) is 11.3. The summed E-state index contributed by atoms with van der Waals surface area (Å²) in [5.41, 5.74) is 6.77. The Morgan fingerprint density at radius 3 is 2.81 bits per heavy atom. The monoisotopic (exact) mass is 280 g/mol. The largest absolute Gasteiger partial charge is 0.383 e. The zero-order valence-electron chi connectivity index (χ0n) is 9.16. The lowest BCUT2D eigenvalue weighted by Crippen LogP contribution is -2.16. The van der Waals surface area contributed by atoms with Gasteiger partial charge in [-0.15, -0.1) is 0 Å². The standard InChI is InChI=1S/C11H13BrN4/c1-6(14-2)11-15-9-5-7(12)3-4-8(9)10(13)16-11/h3-6,14H,1-2H3,(H2,13,15,16). The molecule has 0 fully saturated rings. The first-order valence-corrected chi connectivity index (χ1v) is 5.81. The quantitative estimate of drug-likeness (QED) is 0.886. The molecule has 0 saturated heterocycles. The van der Waals surface area contributed by atoms with Gasteiger partial charge in [0.2, 0.25) is 0 Å². The van der Waals surface area contributed by atoms with Crippen LogP contribution in [0.3, 0.4) is 0 Å². The van der Waals surface area contributed by atoms with Crippen molar-refractivity contribution in [2.45, 2.75) is 13.0 Å². The van der Waals surface area contributed by atoms with Crippen LogP contribution < -0.4 is 11.1 Å². The predicted octanol–water partition coefficient (Wildman–Crippen LogP) is 2.25. The summed E-state index contributed by atoms with van der Waals surface area (Å²) in [5.74, 6) is 1.24. The summed E-state index contributed by atoms with van der Waals surface area (Å²) in [6.07, 6.45) is 0. The smallest absolute Gasteiger partial charge is 0.148 e. The summed E-state index contributed by atoms with van der Waals surface area (Å²) in [4.78, 5) is 8.77. The molecule has 1 aromatic heterocycles. The van der Waals surface area contributed by atoms with E-state index in [0.29, 0.717) is 11.6 Å². The van der Waals surface area contributed by atoms with Crippen LogP contribution in [0.25, 0.3) is 10.9 Å². The van der Waals surface area contributed by atoms with E-state index in [1.807, 2.05) is 32.2 Å². The molecule has 0 aliphatic carbocycles. The summed E-state index contributed by atoms with van der Waals surface area (Å²) in [7, 11) is 1.87. The fourth-order valence-corrected chi connectivity index (χ4v) is 1.82. The van der Waals surface area contributed by atoms with Gasteiger partial charge in [0.25, 0.3) is 0 Å². The second-order valence-corrected chi connectivity index (χ2v) is 4.55. The van der Waals surface area contributed by atoms with Crippen molar-refractivity contribution in [1.82, 2.24) is 15.3 Å². The van der Waals surface area contributed by atoms with E-state index < -0.39 is 0 Å². The summed E-state index contributed by atoms with van der Waals surface area (Å²) in [6.45, 7) is 2.00. The highest BCUT2D eigenvalue weighted by molar-refractivity contribution is 9.10. The zero-order valence-corrected chi connectivity index (χ0v) is 10.7. The zero-order chi connectivity index (χ0) is 11.7. The Morgan fingerprint density at radius 1 is 1.38 bits per heavy atom. The van der Waals surface area contributed by atoms with Crippen LogP contribution in [0.15, 0.2) is 22.7 Å². The third-order valence-corrected chi connectivity index (χ3v) is 3.02. The van der Waals surface area contributed by atoms with Crippen LogP contribution >= 0.6 is 15.9 Å². The third kappa shape index (κ3) is 2.01. The number of anilines is 1. The molecule has 1 aromatic carbocycles. The van der Waals surface area contributed by atoms with Gasteiger partial charge in [-0.2, -0.15) is 0 Å². The molecule has 0 amide bonds. The molecular weight excluding hydrogens is 268 g/mol. The first-order chi connectivity index (χ1) is 7.61. The second kappa shape index (κ2) is 4.35. The Morgan fingerprint density at radius 2 is 2.12 bits per heavy atom. The maximum atomic E-state index is 5.91. The molecule has 0 aliphatic rings. The van der Waals surface area contributed by atoms with Crippen LogP contribution in [-0.2, 0) is 0 Å². The molecule has 3 N–H and O–H groups in total. The van der Waals surface area contributed by atoms with E-state index in [0.717, 1.165) is 15.4 Å². The number of halogens is 1. The van der Waals surface area contributed by atoms with Gasteiger partial charge < -0.3 is 11.1 Å². The molecule has 5 heteroatoms. The number of fused-ring (bicyclic) bond motifs is 1. The van der Waals surface area contributed by atoms with Crippen molar-refractivity contribution in [3.8, 4) is 0 Å². The molecule has 0 saturated carbocycles. The van der Waals surface area contributed by atoms with Crippen LogP contribution in [0.1, 0.15) is 18.8 Å². The Labute approximate surface area is 102 Å². The van der Waals surface area contributed by atoms with Crippen LogP contribution in [0.5, 0.6) is 0 Å². The topological polar surface area (TPSA) is 63.8 Å². The van der Waals surface area contributed by atoms with E-state index >= 15 is 0 Å². The summed E-state index contributed by atoms with van der Waals surface area (Å²) in [6, 6.07) is 5.89. The lowest BCUT2D eigenvalue weighted by atomic mass is 10.2. The summed E-state index contributed by atoms with van der Waals surface area (Å²) in [5, 5.41) is 3.98. The Bertz CT molecular complexity index is 527. The number of benzene rings is 1. The van der Waals surface area contributed by atoms with Crippen LogP contribution in [0.4, 0.5) is 5.82 Å². The first-order valence-electron chi connectivity index (χ1n) is 5.01. The highest BCUT2D eigenvalue weighted by Gasteiger charge is 2.10. The van der Waals surface area contributed by atoms with E-state index in [4.69, 9.17) is 5.73 Å². The van der Waals surface area contributed by atoms with E-state index in [1.54, 1.807) is 0 Å². The van der Waals surface area contributed by atoms with Gasteiger partial charge in [-0.25, -0.2) is 9.97 Å². The average molecular weight is 281 g/mol. The molecule has 84 valence electrons. The molecule has 2 aromatic rings. The van der Waals surface area contributed by atoms with Crippen molar-refractivity contribution in [3.63, 3.8) is 0 Å². The van der Waals surface area contributed by atoms with Crippen molar-refractivity contribution < 1.29 is 0 Å². The van der Waals surface area contributed by atoms with Gasteiger partial charge in [0.1, 0.15) is 11.6 Å². The van der Waals surface area contributed by atoms with Crippen LogP contribution in [0.2, 0.25) is 0 Å². The number of aromatic nitrogens is 2. The molecule has 2 rings (SSSR count). The second-order valence-electron chi connectivity index (χ2n) is 3.64. The van der Waals surface area contributed by atoms with Crippen molar-refractivity contribution in [2.75, 3.05) is 12.8 Å². The highest BCUT2D eigenvalue weighted by Crippen LogP contribution is 2.23. The van der Waals surface area contributed by atoms with Gasteiger partial charge in [-0.1, -0.05) is 15.9 Å². The molecule has 0 bridgehead atoms. The van der Waals surface area contributed by atoms with Gasteiger partial charge in [-0.05, 0) is 32.2 Å². The minimum absolute atomic E-state index is 0.0886. The lowest BCUT2D eigenvalue weighted by molar-refractivity contribution is 0.614. The number of hydrogen-bond acceptors (Lipinski definition) is 4. The van der Waals surface area contributed by atoms with Gasteiger partial charge >= 0.3 is 0 Å². The third-order valence-electron chi connectivity index (χ3n) is 2.53. The molecule has 1 heterocycles. The minimum atomic E-state index is 0.0886. The van der Waals surface area contributed by atoms with E-state index in [1.165, 1.54) is 0 Å². The molecule has 0 radical (unpaired) electrons. The molecule has 1 atom stereocenters. The van der Waals surface area contributed by atoms with Crippen molar-refractivity contribution in [1.29, 1.82) is 0 Å². The van der Waals surface area contributed by atoms with E-state index in [2.05, 4.69) is 31.2 Å². The Hall–Kier alpha value is -1.20. The van der Waals surface area contributed by atoms with Gasteiger partial charge in [-0.3, -0.25) is 0 Å². The normalized spacial score (nSPS) is 12.9.